The number of nitrogens with one attached hydrogen (secondary N) is 1. The lowest BCUT2D eigenvalue weighted by atomic mass is 10.1. The number of nitrogens with zero attached hydrogens (tertiary/aromatic N) is 1. The van der Waals surface area contributed by atoms with Gasteiger partial charge in [0.1, 0.15) is 23.8 Å². The minimum Gasteiger partial charge on any atom is -0.489 e. The summed E-state index contributed by atoms with van der Waals surface area (Å²) in [5.41, 5.74) is 3.87. The van der Waals surface area contributed by atoms with E-state index in [0.29, 0.717) is 19.7 Å². The van der Waals surface area contributed by atoms with Gasteiger partial charge in [-0.25, -0.2) is 9.18 Å². The molecule has 0 radical (unpaired) electrons. The summed E-state index contributed by atoms with van der Waals surface area (Å²) in [6, 6.07) is 12.3. The number of aromatic amines is 1. The number of hydrogen-bond donors (Lipinski definition) is 1. The minimum absolute atomic E-state index is 0.252. The van der Waals surface area contributed by atoms with E-state index in [4.69, 9.17) is 9.47 Å². The second-order valence-electron chi connectivity index (χ2n) is 8.67. The van der Waals surface area contributed by atoms with Crippen molar-refractivity contribution in [2.75, 3.05) is 13.1 Å². The Hall–Kier alpha value is -3.02. The molecule has 0 saturated carbocycles. The van der Waals surface area contributed by atoms with Gasteiger partial charge >= 0.3 is 6.09 Å². The molecular weight excluding hydrogens is 383 g/mol. The van der Waals surface area contributed by atoms with E-state index >= 15 is 0 Å². The SMILES string of the molecule is CC(C)(C)OC(=O)N1CCc2[nH]c3cc(OCc4ccc(F)cc4)ccc3c2CC1. The molecule has 1 N–H and O–H groups in total. The highest BCUT2D eigenvalue weighted by atomic mass is 19.1. The van der Waals surface area contributed by atoms with Crippen LogP contribution in [0, 0.1) is 5.82 Å². The van der Waals surface area contributed by atoms with Crippen molar-refractivity contribution in [2.45, 2.75) is 45.8 Å². The molecule has 158 valence electrons. The van der Waals surface area contributed by atoms with Gasteiger partial charge < -0.3 is 19.4 Å². The Balaban J connectivity index is 1.45. The lowest BCUT2D eigenvalue weighted by Crippen LogP contribution is -2.38. The van der Waals surface area contributed by atoms with E-state index in [1.54, 1.807) is 17.0 Å². The summed E-state index contributed by atoms with van der Waals surface area (Å²) in [5, 5.41) is 1.16. The molecule has 2 heterocycles. The van der Waals surface area contributed by atoms with Gasteiger partial charge in [0.2, 0.25) is 0 Å². The van der Waals surface area contributed by atoms with E-state index in [-0.39, 0.29) is 11.9 Å². The van der Waals surface area contributed by atoms with Gasteiger partial charge in [0.05, 0.1) is 0 Å². The van der Waals surface area contributed by atoms with Crippen molar-refractivity contribution < 1.29 is 18.7 Å². The fourth-order valence-electron chi connectivity index (χ4n) is 3.74. The zero-order valence-electron chi connectivity index (χ0n) is 17.6. The van der Waals surface area contributed by atoms with Crippen LogP contribution in [-0.4, -0.2) is 34.7 Å². The number of rotatable bonds is 3. The summed E-state index contributed by atoms with van der Waals surface area (Å²) in [6.07, 6.45) is 1.28. The van der Waals surface area contributed by atoms with Crippen LogP contribution in [0.5, 0.6) is 5.75 Å². The molecule has 0 saturated heterocycles. The normalized spacial score (nSPS) is 14.3. The lowest BCUT2D eigenvalue weighted by Gasteiger charge is -2.26. The molecule has 0 spiro atoms. The van der Waals surface area contributed by atoms with Gasteiger partial charge in [-0.3, -0.25) is 0 Å². The number of ether oxygens (including phenoxy) is 2. The molecule has 5 nitrogen and oxygen atoms in total. The molecule has 1 amide bonds. The Labute approximate surface area is 175 Å². The zero-order chi connectivity index (χ0) is 21.3. The maximum atomic E-state index is 13.0. The monoisotopic (exact) mass is 410 g/mol. The second-order valence-corrected chi connectivity index (χ2v) is 8.67. The van der Waals surface area contributed by atoms with Crippen LogP contribution in [0.4, 0.5) is 9.18 Å². The number of halogens is 1. The van der Waals surface area contributed by atoms with Crippen molar-refractivity contribution in [2.24, 2.45) is 0 Å². The number of carbonyl (C=O) groups excluding carboxylic acids is 1. The molecule has 0 fully saturated rings. The molecule has 4 rings (SSSR count). The number of amides is 1. The van der Waals surface area contributed by atoms with Gasteiger partial charge in [0.25, 0.3) is 0 Å². The van der Waals surface area contributed by atoms with Crippen LogP contribution in [0.3, 0.4) is 0 Å². The zero-order valence-corrected chi connectivity index (χ0v) is 17.6. The highest BCUT2D eigenvalue weighted by molar-refractivity contribution is 5.86. The molecule has 1 aliphatic rings. The third-order valence-corrected chi connectivity index (χ3v) is 5.20. The van der Waals surface area contributed by atoms with Gasteiger partial charge in [-0.05, 0) is 62.6 Å². The first-order valence-electron chi connectivity index (χ1n) is 10.3. The first-order chi connectivity index (χ1) is 14.3. The van der Waals surface area contributed by atoms with Crippen LogP contribution < -0.4 is 4.74 Å². The quantitative estimate of drug-likeness (QED) is 0.644. The maximum absolute atomic E-state index is 13.0. The second kappa shape index (κ2) is 8.01. The van der Waals surface area contributed by atoms with Gasteiger partial charge in [0, 0.05) is 42.2 Å². The number of benzene rings is 2. The molecule has 0 unspecified atom stereocenters. The van der Waals surface area contributed by atoms with E-state index in [0.717, 1.165) is 40.8 Å². The van der Waals surface area contributed by atoms with Crippen LogP contribution in [0.2, 0.25) is 0 Å². The van der Waals surface area contributed by atoms with Crippen molar-refractivity contribution in [3.05, 3.63) is 65.1 Å². The van der Waals surface area contributed by atoms with Crippen LogP contribution in [0.25, 0.3) is 10.9 Å². The van der Waals surface area contributed by atoms with Gasteiger partial charge in [-0.15, -0.1) is 0 Å². The third kappa shape index (κ3) is 4.58. The van der Waals surface area contributed by atoms with Crippen LogP contribution in [-0.2, 0) is 24.2 Å². The standard InChI is InChI=1S/C24H27FN2O3/c1-24(2,3)30-23(28)27-12-10-20-19-9-8-18(14-22(19)26-21(20)11-13-27)29-15-16-4-6-17(25)7-5-16/h4-9,14,26H,10-13,15H2,1-3H3. The molecule has 2 aromatic carbocycles. The number of fused-ring (bicyclic) bond motifs is 3. The van der Waals surface area contributed by atoms with Gasteiger partial charge in [0.15, 0.2) is 0 Å². The molecule has 0 atom stereocenters. The Kier molecular flexibility index (Phi) is 5.41. The number of aromatic nitrogens is 1. The number of carbonyl (C=O) groups is 1. The molecule has 30 heavy (non-hydrogen) atoms. The van der Waals surface area contributed by atoms with Crippen molar-refractivity contribution in [1.82, 2.24) is 9.88 Å². The van der Waals surface area contributed by atoms with E-state index in [1.807, 2.05) is 32.9 Å². The summed E-state index contributed by atoms with van der Waals surface area (Å²) in [4.78, 5) is 17.7. The molecular formula is C24H27FN2O3. The van der Waals surface area contributed by atoms with Crippen molar-refractivity contribution in [3.63, 3.8) is 0 Å². The maximum Gasteiger partial charge on any atom is 0.410 e. The minimum atomic E-state index is -0.491. The first-order valence-corrected chi connectivity index (χ1v) is 10.3. The average molecular weight is 410 g/mol. The highest BCUT2D eigenvalue weighted by Gasteiger charge is 2.25. The Morgan fingerprint density at radius 1 is 1.10 bits per heavy atom. The summed E-state index contributed by atoms with van der Waals surface area (Å²) >= 11 is 0. The summed E-state index contributed by atoms with van der Waals surface area (Å²) in [7, 11) is 0. The van der Waals surface area contributed by atoms with Crippen molar-refractivity contribution in [3.8, 4) is 5.75 Å². The molecule has 1 aromatic heterocycles. The molecule has 6 heteroatoms. The molecule has 1 aliphatic heterocycles. The topological polar surface area (TPSA) is 54.6 Å². The van der Waals surface area contributed by atoms with Crippen LogP contribution >= 0.6 is 0 Å². The van der Waals surface area contributed by atoms with E-state index in [1.165, 1.54) is 17.7 Å². The van der Waals surface area contributed by atoms with Gasteiger partial charge in [-0.1, -0.05) is 12.1 Å². The Morgan fingerprint density at radius 3 is 2.57 bits per heavy atom. The average Bonchev–Trinajstić information content (AvgIpc) is 2.89. The van der Waals surface area contributed by atoms with Crippen LogP contribution in [0.15, 0.2) is 42.5 Å². The predicted octanol–water partition coefficient (Wildman–Crippen LogP) is 5.22. The number of H-pyrrole nitrogens is 1. The Morgan fingerprint density at radius 2 is 1.83 bits per heavy atom. The van der Waals surface area contributed by atoms with E-state index in [9.17, 15) is 9.18 Å². The summed E-state index contributed by atoms with van der Waals surface area (Å²) in [5.74, 6) is 0.511. The molecule has 0 bridgehead atoms. The fourth-order valence-corrected chi connectivity index (χ4v) is 3.74. The fraction of sp³-hybridized carbons (Fsp3) is 0.375. The Bertz CT molecular complexity index is 1050. The van der Waals surface area contributed by atoms with E-state index < -0.39 is 5.60 Å². The number of hydrogen-bond acceptors (Lipinski definition) is 3. The third-order valence-electron chi connectivity index (χ3n) is 5.20. The lowest BCUT2D eigenvalue weighted by molar-refractivity contribution is 0.0258. The predicted molar refractivity (Wildman–Crippen MR) is 114 cm³/mol. The molecule has 0 aliphatic carbocycles. The van der Waals surface area contributed by atoms with Gasteiger partial charge in [-0.2, -0.15) is 0 Å². The van der Waals surface area contributed by atoms with Crippen molar-refractivity contribution >= 4 is 17.0 Å². The first kappa shape index (κ1) is 20.3. The largest absolute Gasteiger partial charge is 0.489 e. The van der Waals surface area contributed by atoms with Crippen molar-refractivity contribution in [1.29, 1.82) is 0 Å². The highest BCUT2D eigenvalue weighted by Crippen LogP contribution is 2.29. The summed E-state index contributed by atoms with van der Waals surface area (Å²) in [6.45, 7) is 7.30. The van der Waals surface area contributed by atoms with Crippen LogP contribution in [0.1, 0.15) is 37.6 Å². The van der Waals surface area contributed by atoms with E-state index in [2.05, 4.69) is 11.1 Å². The summed E-state index contributed by atoms with van der Waals surface area (Å²) < 4.78 is 24.4. The molecule has 3 aromatic rings. The smallest absolute Gasteiger partial charge is 0.410 e.